The minimum atomic E-state index is -4.41. The van der Waals surface area contributed by atoms with Gasteiger partial charge in [0.1, 0.15) is 17.1 Å². The molecule has 0 saturated heterocycles. The van der Waals surface area contributed by atoms with Gasteiger partial charge >= 0.3 is 6.18 Å². The number of alkyl halides is 3. The molecule has 0 saturated carbocycles. The monoisotopic (exact) mass is 248 g/mol. The number of benzene rings is 1. The van der Waals surface area contributed by atoms with Gasteiger partial charge in [-0.25, -0.2) is 0 Å². The van der Waals surface area contributed by atoms with Gasteiger partial charge in [-0.05, 0) is 32.9 Å². The molecule has 0 spiro atoms. The highest BCUT2D eigenvalue weighted by atomic mass is 19.4. The molecular formula is C12H15F3O2. The van der Waals surface area contributed by atoms with E-state index in [1.807, 2.05) is 0 Å². The first-order valence-corrected chi connectivity index (χ1v) is 5.07. The smallest absolute Gasteiger partial charge is 0.416 e. The van der Waals surface area contributed by atoms with Gasteiger partial charge in [-0.1, -0.05) is 0 Å². The molecule has 0 aliphatic carbocycles. The van der Waals surface area contributed by atoms with Crippen LogP contribution in [0, 0.1) is 0 Å². The molecule has 5 heteroatoms. The van der Waals surface area contributed by atoms with E-state index in [0.717, 1.165) is 12.1 Å². The van der Waals surface area contributed by atoms with E-state index in [1.54, 1.807) is 20.8 Å². The van der Waals surface area contributed by atoms with Crippen molar-refractivity contribution in [3.05, 3.63) is 23.8 Å². The highest BCUT2D eigenvalue weighted by molar-refractivity contribution is 5.39. The summed E-state index contributed by atoms with van der Waals surface area (Å²) < 4.78 is 48.0. The van der Waals surface area contributed by atoms with Crippen molar-refractivity contribution in [3.63, 3.8) is 0 Å². The Morgan fingerprint density at radius 1 is 0.941 bits per heavy atom. The Hall–Kier alpha value is -1.39. The lowest BCUT2D eigenvalue weighted by atomic mass is 10.1. The summed E-state index contributed by atoms with van der Waals surface area (Å²) in [5.74, 6) is 0.267. The fourth-order valence-electron chi connectivity index (χ4n) is 1.27. The molecule has 1 aromatic carbocycles. The molecular weight excluding hydrogens is 233 g/mol. The van der Waals surface area contributed by atoms with Gasteiger partial charge in [-0.2, -0.15) is 13.2 Å². The van der Waals surface area contributed by atoms with E-state index in [-0.39, 0.29) is 11.5 Å². The van der Waals surface area contributed by atoms with Crippen molar-refractivity contribution in [2.24, 2.45) is 0 Å². The lowest BCUT2D eigenvalue weighted by molar-refractivity contribution is -0.137. The molecule has 0 bridgehead atoms. The highest BCUT2D eigenvalue weighted by Crippen LogP contribution is 2.35. The molecule has 1 aromatic rings. The third kappa shape index (κ3) is 4.17. The lowest BCUT2D eigenvalue weighted by Crippen LogP contribution is -2.23. The van der Waals surface area contributed by atoms with Crippen LogP contribution in [0.4, 0.5) is 13.2 Å². The molecule has 0 radical (unpaired) electrons. The van der Waals surface area contributed by atoms with Crippen molar-refractivity contribution in [2.45, 2.75) is 32.5 Å². The molecule has 0 aliphatic heterocycles. The number of hydrogen-bond donors (Lipinski definition) is 0. The van der Waals surface area contributed by atoms with Gasteiger partial charge in [0.2, 0.25) is 0 Å². The molecule has 0 fully saturated rings. The normalized spacial score (nSPS) is 12.4. The van der Waals surface area contributed by atoms with Gasteiger partial charge in [-0.15, -0.1) is 0 Å². The van der Waals surface area contributed by atoms with Crippen LogP contribution in [-0.4, -0.2) is 12.7 Å². The van der Waals surface area contributed by atoms with E-state index in [2.05, 4.69) is 0 Å². The Morgan fingerprint density at radius 2 is 1.47 bits per heavy atom. The summed E-state index contributed by atoms with van der Waals surface area (Å²) in [6, 6.07) is 3.34. The standard InChI is InChI=1S/C12H15F3O2/c1-11(2,3)17-10-6-8(12(13,14)15)5-9(7-10)16-4/h5-7H,1-4H3. The van der Waals surface area contributed by atoms with Crippen LogP contribution in [-0.2, 0) is 6.18 Å². The van der Waals surface area contributed by atoms with Crippen LogP contribution in [0.3, 0.4) is 0 Å². The zero-order chi connectivity index (χ0) is 13.3. The second kappa shape index (κ2) is 4.47. The summed E-state index contributed by atoms with van der Waals surface area (Å²) >= 11 is 0. The molecule has 96 valence electrons. The lowest BCUT2D eigenvalue weighted by Gasteiger charge is -2.22. The van der Waals surface area contributed by atoms with E-state index < -0.39 is 17.3 Å². The SMILES string of the molecule is COc1cc(OC(C)(C)C)cc(C(F)(F)F)c1. The van der Waals surface area contributed by atoms with E-state index in [4.69, 9.17) is 9.47 Å². The van der Waals surface area contributed by atoms with Crippen molar-refractivity contribution in [1.29, 1.82) is 0 Å². The van der Waals surface area contributed by atoms with Crippen LogP contribution in [0.1, 0.15) is 26.3 Å². The maximum absolute atomic E-state index is 12.6. The number of rotatable bonds is 2. The fraction of sp³-hybridized carbons (Fsp3) is 0.500. The first-order chi connectivity index (χ1) is 7.62. The van der Waals surface area contributed by atoms with Crippen LogP contribution >= 0.6 is 0 Å². The van der Waals surface area contributed by atoms with Crippen LogP contribution < -0.4 is 9.47 Å². The molecule has 0 heterocycles. The predicted octanol–water partition coefficient (Wildman–Crippen LogP) is 3.89. The maximum Gasteiger partial charge on any atom is 0.416 e. The summed E-state index contributed by atoms with van der Waals surface area (Å²) in [7, 11) is 1.32. The van der Waals surface area contributed by atoms with Crippen LogP contribution in [0.5, 0.6) is 11.5 Å². The van der Waals surface area contributed by atoms with Gasteiger partial charge in [0, 0.05) is 6.07 Å². The Labute approximate surface area is 98.3 Å². The van der Waals surface area contributed by atoms with Crippen molar-refractivity contribution in [1.82, 2.24) is 0 Å². The first kappa shape index (κ1) is 13.7. The second-order valence-electron chi connectivity index (χ2n) is 4.61. The first-order valence-electron chi connectivity index (χ1n) is 5.07. The molecule has 0 N–H and O–H groups in total. The van der Waals surface area contributed by atoms with Gasteiger partial charge in [0.15, 0.2) is 0 Å². The minimum absolute atomic E-state index is 0.124. The number of methoxy groups -OCH3 is 1. The minimum Gasteiger partial charge on any atom is -0.497 e. The molecule has 2 nitrogen and oxygen atoms in total. The topological polar surface area (TPSA) is 18.5 Å². The highest BCUT2D eigenvalue weighted by Gasteiger charge is 2.32. The largest absolute Gasteiger partial charge is 0.497 e. The summed E-state index contributed by atoms with van der Waals surface area (Å²) in [4.78, 5) is 0. The summed E-state index contributed by atoms with van der Waals surface area (Å²) in [6.45, 7) is 5.29. The quantitative estimate of drug-likeness (QED) is 0.790. The third-order valence-electron chi connectivity index (χ3n) is 1.87. The summed E-state index contributed by atoms with van der Waals surface area (Å²) in [6.07, 6.45) is -4.41. The molecule has 0 aromatic heterocycles. The van der Waals surface area contributed by atoms with E-state index in [9.17, 15) is 13.2 Å². The Kier molecular flexibility index (Phi) is 3.59. The van der Waals surface area contributed by atoms with Crippen LogP contribution in [0.15, 0.2) is 18.2 Å². The third-order valence-corrected chi connectivity index (χ3v) is 1.87. The van der Waals surface area contributed by atoms with Gasteiger partial charge in [-0.3, -0.25) is 0 Å². The molecule has 17 heavy (non-hydrogen) atoms. The Bertz CT molecular complexity index is 392. The van der Waals surface area contributed by atoms with Crippen molar-refractivity contribution < 1.29 is 22.6 Å². The average molecular weight is 248 g/mol. The number of ether oxygens (including phenoxy) is 2. The summed E-state index contributed by atoms with van der Waals surface area (Å²) in [5.41, 5.74) is -1.34. The molecule has 0 aliphatic rings. The van der Waals surface area contributed by atoms with Gasteiger partial charge in [0.05, 0.1) is 12.7 Å². The molecule has 1 rings (SSSR count). The summed E-state index contributed by atoms with van der Waals surface area (Å²) in [5, 5.41) is 0. The Balaban J connectivity index is 3.15. The fourth-order valence-corrected chi connectivity index (χ4v) is 1.27. The predicted molar refractivity (Wildman–Crippen MR) is 58.4 cm³/mol. The van der Waals surface area contributed by atoms with E-state index >= 15 is 0 Å². The van der Waals surface area contributed by atoms with Crippen LogP contribution in [0.25, 0.3) is 0 Å². The van der Waals surface area contributed by atoms with Crippen molar-refractivity contribution in [2.75, 3.05) is 7.11 Å². The van der Waals surface area contributed by atoms with E-state index in [1.165, 1.54) is 13.2 Å². The van der Waals surface area contributed by atoms with Gasteiger partial charge < -0.3 is 9.47 Å². The molecule has 0 amide bonds. The van der Waals surface area contributed by atoms with Gasteiger partial charge in [0.25, 0.3) is 0 Å². The number of hydrogen-bond acceptors (Lipinski definition) is 2. The van der Waals surface area contributed by atoms with Crippen LogP contribution in [0.2, 0.25) is 0 Å². The molecule has 0 unspecified atom stereocenters. The average Bonchev–Trinajstić information content (AvgIpc) is 2.13. The van der Waals surface area contributed by atoms with Crippen molar-refractivity contribution in [3.8, 4) is 11.5 Å². The Morgan fingerprint density at radius 3 is 1.88 bits per heavy atom. The zero-order valence-electron chi connectivity index (χ0n) is 10.2. The zero-order valence-corrected chi connectivity index (χ0v) is 10.2. The molecule has 0 atom stereocenters. The maximum atomic E-state index is 12.6. The second-order valence-corrected chi connectivity index (χ2v) is 4.61. The van der Waals surface area contributed by atoms with E-state index in [0.29, 0.717) is 0 Å². The van der Waals surface area contributed by atoms with Crippen molar-refractivity contribution >= 4 is 0 Å². The number of halogens is 3.